The molecule has 0 aliphatic heterocycles. The molecule has 3 N–H and O–H groups in total. The molecule has 0 heterocycles. The van der Waals surface area contributed by atoms with Gasteiger partial charge in [0.2, 0.25) is 5.91 Å². The van der Waals surface area contributed by atoms with Gasteiger partial charge in [-0.15, -0.1) is 12.4 Å². The molecule has 136 valence electrons. The van der Waals surface area contributed by atoms with Crippen LogP contribution in [0.25, 0.3) is 0 Å². The molecule has 4 nitrogen and oxygen atoms in total. The van der Waals surface area contributed by atoms with Gasteiger partial charge in [-0.05, 0) is 30.9 Å². The van der Waals surface area contributed by atoms with Crippen molar-refractivity contribution in [3.63, 3.8) is 0 Å². The lowest BCUT2D eigenvalue weighted by molar-refractivity contribution is -0.138. The van der Waals surface area contributed by atoms with E-state index in [0.29, 0.717) is 12.8 Å². The lowest BCUT2D eigenvalue weighted by Gasteiger charge is -2.51. The molecule has 0 spiro atoms. The topological polar surface area (TPSA) is 64.3 Å². The molecule has 1 aliphatic carbocycles. The zero-order valence-corrected chi connectivity index (χ0v) is 15.8. The number of hydrogen-bond acceptors (Lipinski definition) is 3. The maximum atomic E-state index is 12.2. The summed E-state index contributed by atoms with van der Waals surface area (Å²) in [7, 11) is 0. The smallest absolute Gasteiger partial charge is 0.220 e. The van der Waals surface area contributed by atoms with Crippen LogP contribution in [0, 0.1) is 5.41 Å². The minimum atomic E-state index is 0. The van der Waals surface area contributed by atoms with Gasteiger partial charge in [0, 0.05) is 30.2 Å². The molecule has 1 aromatic rings. The number of nitrogens with one attached hydrogen (secondary N) is 1. The van der Waals surface area contributed by atoms with E-state index in [2.05, 4.69) is 26.1 Å². The number of nitrogen functional groups attached to an aromatic ring is 1. The molecule has 1 aliphatic rings. The summed E-state index contributed by atoms with van der Waals surface area (Å²) >= 11 is 0. The fourth-order valence-corrected chi connectivity index (χ4v) is 3.06. The Morgan fingerprint density at radius 2 is 2.08 bits per heavy atom. The van der Waals surface area contributed by atoms with E-state index in [1.165, 1.54) is 0 Å². The second-order valence-electron chi connectivity index (χ2n) is 7.09. The molecule has 0 radical (unpaired) electrons. The van der Waals surface area contributed by atoms with Crippen LogP contribution >= 0.6 is 12.4 Å². The van der Waals surface area contributed by atoms with Gasteiger partial charge < -0.3 is 15.8 Å². The molecule has 2 unspecified atom stereocenters. The summed E-state index contributed by atoms with van der Waals surface area (Å²) in [6, 6.07) is 7.93. The van der Waals surface area contributed by atoms with Crippen molar-refractivity contribution in [3.8, 4) is 0 Å². The number of halogens is 1. The van der Waals surface area contributed by atoms with Gasteiger partial charge in [-0.1, -0.05) is 45.4 Å². The fourth-order valence-electron chi connectivity index (χ4n) is 3.06. The van der Waals surface area contributed by atoms with Crippen molar-refractivity contribution >= 4 is 24.0 Å². The third-order valence-corrected chi connectivity index (χ3v) is 5.01. The van der Waals surface area contributed by atoms with Crippen molar-refractivity contribution in [2.75, 3.05) is 12.3 Å². The molecule has 2 atom stereocenters. The first-order chi connectivity index (χ1) is 10.9. The third kappa shape index (κ3) is 5.12. The zero-order valence-electron chi connectivity index (χ0n) is 15.0. The Morgan fingerprint density at radius 1 is 1.38 bits per heavy atom. The molecule has 0 saturated heterocycles. The summed E-state index contributed by atoms with van der Waals surface area (Å²) in [5.74, 6) is 0.0957. The van der Waals surface area contributed by atoms with Gasteiger partial charge in [-0.3, -0.25) is 4.79 Å². The van der Waals surface area contributed by atoms with E-state index < -0.39 is 0 Å². The number of carbonyl (C=O) groups is 1. The van der Waals surface area contributed by atoms with Crippen LogP contribution in [0.3, 0.4) is 0 Å². The average molecular weight is 355 g/mol. The van der Waals surface area contributed by atoms with Crippen LogP contribution in [-0.4, -0.2) is 24.7 Å². The predicted octanol–water partition coefficient (Wildman–Crippen LogP) is 3.72. The normalized spacial score (nSPS) is 21.5. The number of rotatable bonds is 8. The first kappa shape index (κ1) is 20.8. The minimum Gasteiger partial charge on any atom is -0.399 e. The zero-order chi connectivity index (χ0) is 16.9. The highest BCUT2D eigenvalue weighted by atomic mass is 35.5. The van der Waals surface area contributed by atoms with E-state index in [0.717, 1.165) is 37.1 Å². The largest absolute Gasteiger partial charge is 0.399 e. The Morgan fingerprint density at radius 3 is 2.71 bits per heavy atom. The number of amides is 1. The molecule has 1 aromatic carbocycles. The fraction of sp³-hybridized carbons (Fsp3) is 0.632. The highest BCUT2D eigenvalue weighted by Gasteiger charge is 2.49. The summed E-state index contributed by atoms with van der Waals surface area (Å²) in [6.07, 6.45) is 4.57. The lowest BCUT2D eigenvalue weighted by atomic mass is 9.64. The van der Waals surface area contributed by atoms with Crippen molar-refractivity contribution < 1.29 is 9.53 Å². The van der Waals surface area contributed by atoms with Crippen LogP contribution in [0.15, 0.2) is 24.3 Å². The molecule has 5 heteroatoms. The monoisotopic (exact) mass is 354 g/mol. The molecular weight excluding hydrogens is 324 g/mol. The Kier molecular flexibility index (Phi) is 8.04. The van der Waals surface area contributed by atoms with Gasteiger partial charge in [0.15, 0.2) is 0 Å². The highest BCUT2D eigenvalue weighted by Crippen LogP contribution is 2.42. The molecule has 1 fully saturated rings. The van der Waals surface area contributed by atoms with Crippen LogP contribution in [-0.2, 0) is 16.0 Å². The van der Waals surface area contributed by atoms with Gasteiger partial charge in [-0.2, -0.15) is 0 Å². The Balaban J connectivity index is 0.00000288. The van der Waals surface area contributed by atoms with E-state index in [4.69, 9.17) is 10.5 Å². The molecule has 1 amide bonds. The van der Waals surface area contributed by atoms with Gasteiger partial charge in [0.25, 0.3) is 0 Å². The quantitative estimate of drug-likeness (QED) is 0.552. The number of carbonyl (C=O) groups excluding carboxylic acids is 1. The van der Waals surface area contributed by atoms with Gasteiger partial charge in [0.05, 0.1) is 6.10 Å². The standard InChI is InChI=1S/C19H30N2O2.ClH/c1-4-5-12-23-17-13-16(19(17,2)3)21-18(22)11-10-14-8-6-7-9-15(14)20;/h6-9,16-17H,4-5,10-13,20H2,1-3H3,(H,21,22);1H. The second kappa shape index (κ2) is 9.28. The number of benzene rings is 1. The van der Waals surface area contributed by atoms with Crippen LogP contribution < -0.4 is 11.1 Å². The van der Waals surface area contributed by atoms with E-state index in [1.54, 1.807) is 0 Å². The molecule has 0 aromatic heterocycles. The third-order valence-electron chi connectivity index (χ3n) is 5.01. The number of ether oxygens (including phenoxy) is 1. The SMILES string of the molecule is CCCCOC1CC(NC(=O)CCc2ccccc2N)C1(C)C.Cl. The van der Waals surface area contributed by atoms with Gasteiger partial charge in [0.1, 0.15) is 0 Å². The van der Waals surface area contributed by atoms with Crippen LogP contribution in [0.5, 0.6) is 0 Å². The summed E-state index contributed by atoms with van der Waals surface area (Å²) in [6.45, 7) is 7.33. The number of anilines is 1. The number of unbranched alkanes of at least 4 members (excludes halogenated alkanes) is 1. The Hall–Kier alpha value is -1.26. The predicted molar refractivity (Wildman–Crippen MR) is 101 cm³/mol. The first-order valence-corrected chi connectivity index (χ1v) is 8.69. The van der Waals surface area contributed by atoms with E-state index in [1.807, 2.05) is 24.3 Å². The van der Waals surface area contributed by atoms with Crippen molar-refractivity contribution in [2.45, 2.75) is 65.0 Å². The molecular formula is C19H31ClN2O2. The molecule has 0 bridgehead atoms. The molecule has 1 saturated carbocycles. The maximum absolute atomic E-state index is 12.2. The van der Waals surface area contributed by atoms with E-state index in [9.17, 15) is 4.79 Å². The van der Waals surface area contributed by atoms with Crippen molar-refractivity contribution in [1.29, 1.82) is 0 Å². The molecule has 24 heavy (non-hydrogen) atoms. The number of aryl methyl sites for hydroxylation is 1. The van der Waals surface area contributed by atoms with Crippen molar-refractivity contribution in [2.24, 2.45) is 5.41 Å². The van der Waals surface area contributed by atoms with E-state index >= 15 is 0 Å². The van der Waals surface area contributed by atoms with Crippen molar-refractivity contribution in [1.82, 2.24) is 5.32 Å². The highest BCUT2D eigenvalue weighted by molar-refractivity contribution is 5.85. The Labute approximate surface area is 151 Å². The Bertz CT molecular complexity index is 534. The first-order valence-electron chi connectivity index (χ1n) is 8.69. The van der Waals surface area contributed by atoms with Crippen LogP contribution in [0.2, 0.25) is 0 Å². The minimum absolute atomic E-state index is 0. The van der Waals surface area contributed by atoms with Gasteiger partial charge >= 0.3 is 0 Å². The number of para-hydroxylation sites is 1. The maximum Gasteiger partial charge on any atom is 0.220 e. The number of nitrogens with two attached hydrogens (primary N) is 1. The van der Waals surface area contributed by atoms with Gasteiger partial charge in [-0.25, -0.2) is 0 Å². The molecule has 2 rings (SSSR count). The second-order valence-corrected chi connectivity index (χ2v) is 7.09. The van der Waals surface area contributed by atoms with Crippen LogP contribution in [0.1, 0.15) is 52.0 Å². The number of hydrogen-bond donors (Lipinski definition) is 2. The lowest BCUT2D eigenvalue weighted by Crippen LogP contribution is -2.62. The summed E-state index contributed by atoms with van der Waals surface area (Å²) in [4.78, 5) is 12.2. The average Bonchev–Trinajstić information content (AvgIpc) is 2.52. The summed E-state index contributed by atoms with van der Waals surface area (Å²) < 4.78 is 5.92. The summed E-state index contributed by atoms with van der Waals surface area (Å²) in [5, 5.41) is 3.16. The van der Waals surface area contributed by atoms with Crippen LogP contribution in [0.4, 0.5) is 5.69 Å². The van der Waals surface area contributed by atoms with E-state index in [-0.39, 0.29) is 35.9 Å². The van der Waals surface area contributed by atoms with Crippen molar-refractivity contribution in [3.05, 3.63) is 29.8 Å². The summed E-state index contributed by atoms with van der Waals surface area (Å²) in [5.41, 5.74) is 7.72.